The van der Waals surface area contributed by atoms with Gasteiger partial charge in [0.25, 0.3) is 0 Å². The maximum absolute atomic E-state index is 14.6. The molecule has 1 unspecified atom stereocenters. The van der Waals surface area contributed by atoms with E-state index >= 15 is 0 Å². The van der Waals surface area contributed by atoms with Gasteiger partial charge in [0.15, 0.2) is 11.0 Å². The zero-order valence-electron chi connectivity index (χ0n) is 17.3. The Morgan fingerprint density at radius 2 is 1.90 bits per heavy atom. The third-order valence-electron chi connectivity index (χ3n) is 4.50. The van der Waals surface area contributed by atoms with Gasteiger partial charge in [-0.3, -0.25) is 9.36 Å². The van der Waals surface area contributed by atoms with E-state index < -0.39 is 5.82 Å². The van der Waals surface area contributed by atoms with E-state index in [1.807, 2.05) is 45.0 Å². The molecule has 8 heteroatoms. The van der Waals surface area contributed by atoms with Crippen LogP contribution in [-0.2, 0) is 4.79 Å². The fraction of sp³-hybridized carbons (Fsp3) is 0.318. The number of rotatable bonds is 9. The second kappa shape index (κ2) is 10.2. The Balaban J connectivity index is 1.94. The molecule has 0 aliphatic heterocycles. The van der Waals surface area contributed by atoms with Crippen LogP contribution in [0.15, 0.2) is 53.7 Å². The quantitative estimate of drug-likeness (QED) is 0.509. The van der Waals surface area contributed by atoms with Crippen molar-refractivity contribution >= 4 is 17.7 Å². The Kier molecular flexibility index (Phi) is 7.46. The molecular weight excluding hydrogens is 403 g/mol. The Hall–Kier alpha value is -2.87. The summed E-state index contributed by atoms with van der Waals surface area (Å²) in [7, 11) is 0. The molecule has 0 bridgehead atoms. The monoisotopic (exact) mass is 428 g/mol. The number of benzene rings is 2. The van der Waals surface area contributed by atoms with Crippen LogP contribution in [0.3, 0.4) is 0 Å². The SMILES string of the molecule is CCOc1ccc(-c2nnc(SCC(=O)NC(C)CC)n2-c2ccccc2F)cc1. The van der Waals surface area contributed by atoms with Crippen molar-refractivity contribution in [1.29, 1.82) is 0 Å². The molecule has 0 aliphatic carbocycles. The molecule has 1 aromatic heterocycles. The van der Waals surface area contributed by atoms with Crippen LogP contribution >= 0.6 is 11.8 Å². The van der Waals surface area contributed by atoms with E-state index in [0.717, 1.165) is 17.7 Å². The van der Waals surface area contributed by atoms with Crippen LogP contribution in [0.4, 0.5) is 4.39 Å². The Labute approximate surface area is 179 Å². The van der Waals surface area contributed by atoms with E-state index in [-0.39, 0.29) is 17.7 Å². The molecule has 158 valence electrons. The van der Waals surface area contributed by atoms with Crippen LogP contribution in [0, 0.1) is 5.82 Å². The molecule has 0 spiro atoms. The van der Waals surface area contributed by atoms with Crippen molar-refractivity contribution in [2.75, 3.05) is 12.4 Å². The van der Waals surface area contributed by atoms with Crippen LogP contribution in [0.25, 0.3) is 17.1 Å². The summed E-state index contributed by atoms with van der Waals surface area (Å²) in [6.45, 7) is 6.46. The lowest BCUT2D eigenvalue weighted by Crippen LogP contribution is -2.33. The molecule has 1 N–H and O–H groups in total. The van der Waals surface area contributed by atoms with E-state index in [4.69, 9.17) is 4.74 Å². The van der Waals surface area contributed by atoms with Crippen molar-refractivity contribution in [3.05, 3.63) is 54.3 Å². The summed E-state index contributed by atoms with van der Waals surface area (Å²) < 4.78 is 21.8. The first-order valence-electron chi connectivity index (χ1n) is 9.89. The predicted molar refractivity (Wildman–Crippen MR) is 117 cm³/mol. The molecule has 0 fully saturated rings. The maximum atomic E-state index is 14.6. The zero-order chi connectivity index (χ0) is 21.5. The van der Waals surface area contributed by atoms with E-state index in [1.165, 1.54) is 17.8 Å². The summed E-state index contributed by atoms with van der Waals surface area (Å²) in [5, 5.41) is 11.9. The fourth-order valence-electron chi connectivity index (χ4n) is 2.82. The number of carbonyl (C=O) groups excluding carboxylic acids is 1. The number of hydrogen-bond donors (Lipinski definition) is 1. The molecule has 2 aromatic carbocycles. The average Bonchev–Trinajstić information content (AvgIpc) is 3.17. The highest BCUT2D eigenvalue weighted by molar-refractivity contribution is 7.99. The molecule has 1 amide bonds. The van der Waals surface area contributed by atoms with Gasteiger partial charge in [0.2, 0.25) is 5.91 Å². The largest absolute Gasteiger partial charge is 0.494 e. The van der Waals surface area contributed by atoms with Gasteiger partial charge in [-0.15, -0.1) is 10.2 Å². The van der Waals surface area contributed by atoms with Crippen LogP contribution < -0.4 is 10.1 Å². The lowest BCUT2D eigenvalue weighted by Gasteiger charge is -2.13. The summed E-state index contributed by atoms with van der Waals surface area (Å²) in [6, 6.07) is 13.9. The molecule has 30 heavy (non-hydrogen) atoms. The van der Waals surface area contributed by atoms with Gasteiger partial charge in [0.05, 0.1) is 18.0 Å². The van der Waals surface area contributed by atoms with Gasteiger partial charge < -0.3 is 10.1 Å². The number of thioether (sulfide) groups is 1. The lowest BCUT2D eigenvalue weighted by atomic mass is 10.2. The van der Waals surface area contributed by atoms with Crippen molar-refractivity contribution < 1.29 is 13.9 Å². The number of ether oxygens (including phenoxy) is 1. The second-order valence-electron chi connectivity index (χ2n) is 6.72. The predicted octanol–water partition coefficient (Wildman–Crippen LogP) is 4.48. The molecule has 1 atom stereocenters. The minimum atomic E-state index is -0.393. The number of carbonyl (C=O) groups is 1. The Bertz CT molecular complexity index is 991. The summed E-state index contributed by atoms with van der Waals surface area (Å²) in [4.78, 5) is 12.2. The van der Waals surface area contributed by atoms with Crippen LogP contribution in [-0.4, -0.2) is 39.1 Å². The highest BCUT2D eigenvalue weighted by atomic mass is 32.2. The van der Waals surface area contributed by atoms with Gasteiger partial charge in [0, 0.05) is 11.6 Å². The molecule has 0 saturated carbocycles. The number of para-hydroxylation sites is 1. The molecule has 0 saturated heterocycles. The first-order valence-corrected chi connectivity index (χ1v) is 10.9. The summed E-state index contributed by atoms with van der Waals surface area (Å²) in [5.74, 6) is 0.915. The molecular formula is C22H25FN4O2S. The van der Waals surface area contributed by atoms with E-state index in [0.29, 0.717) is 23.3 Å². The number of nitrogens with one attached hydrogen (secondary N) is 1. The molecule has 3 rings (SSSR count). The topological polar surface area (TPSA) is 69.0 Å². The van der Waals surface area contributed by atoms with Crippen LogP contribution in [0.5, 0.6) is 5.75 Å². The summed E-state index contributed by atoms with van der Waals surface area (Å²) in [5.41, 5.74) is 1.10. The fourth-order valence-corrected chi connectivity index (χ4v) is 3.57. The number of amides is 1. The minimum Gasteiger partial charge on any atom is -0.494 e. The van der Waals surface area contributed by atoms with Crippen molar-refractivity contribution in [2.24, 2.45) is 0 Å². The normalized spacial score (nSPS) is 11.9. The van der Waals surface area contributed by atoms with E-state index in [1.54, 1.807) is 22.8 Å². The van der Waals surface area contributed by atoms with Gasteiger partial charge in [0.1, 0.15) is 11.6 Å². The van der Waals surface area contributed by atoms with Gasteiger partial charge in [-0.05, 0) is 56.7 Å². The van der Waals surface area contributed by atoms with Crippen LogP contribution in [0.2, 0.25) is 0 Å². The van der Waals surface area contributed by atoms with E-state index in [9.17, 15) is 9.18 Å². The molecule has 1 heterocycles. The zero-order valence-corrected chi connectivity index (χ0v) is 18.1. The number of aromatic nitrogens is 3. The Morgan fingerprint density at radius 3 is 2.57 bits per heavy atom. The van der Waals surface area contributed by atoms with Crippen molar-refractivity contribution in [1.82, 2.24) is 20.1 Å². The highest BCUT2D eigenvalue weighted by Crippen LogP contribution is 2.30. The number of nitrogens with zero attached hydrogens (tertiary/aromatic N) is 3. The molecule has 0 radical (unpaired) electrons. The third-order valence-corrected chi connectivity index (χ3v) is 5.43. The van der Waals surface area contributed by atoms with Gasteiger partial charge in [-0.25, -0.2) is 4.39 Å². The van der Waals surface area contributed by atoms with Gasteiger partial charge in [-0.1, -0.05) is 30.8 Å². The smallest absolute Gasteiger partial charge is 0.230 e. The van der Waals surface area contributed by atoms with Crippen molar-refractivity contribution in [2.45, 2.75) is 38.4 Å². The highest BCUT2D eigenvalue weighted by Gasteiger charge is 2.19. The summed E-state index contributed by atoms with van der Waals surface area (Å²) >= 11 is 1.22. The lowest BCUT2D eigenvalue weighted by molar-refractivity contribution is -0.119. The third kappa shape index (κ3) is 5.18. The van der Waals surface area contributed by atoms with Crippen molar-refractivity contribution in [3.63, 3.8) is 0 Å². The molecule has 6 nitrogen and oxygen atoms in total. The van der Waals surface area contributed by atoms with E-state index in [2.05, 4.69) is 15.5 Å². The minimum absolute atomic E-state index is 0.0972. The summed E-state index contributed by atoms with van der Waals surface area (Å²) in [6.07, 6.45) is 0.851. The maximum Gasteiger partial charge on any atom is 0.230 e. The first-order chi connectivity index (χ1) is 14.5. The average molecular weight is 429 g/mol. The van der Waals surface area contributed by atoms with Crippen molar-refractivity contribution in [3.8, 4) is 22.8 Å². The Morgan fingerprint density at radius 1 is 1.17 bits per heavy atom. The number of halogens is 1. The van der Waals surface area contributed by atoms with Gasteiger partial charge >= 0.3 is 0 Å². The number of hydrogen-bond acceptors (Lipinski definition) is 5. The standard InChI is InChI=1S/C22H25FN4O2S/c1-4-15(3)24-20(28)14-30-22-26-25-21(16-10-12-17(13-11-16)29-5-2)27(22)19-9-7-6-8-18(19)23/h6-13,15H,4-5,14H2,1-3H3,(H,24,28). The molecule has 3 aromatic rings. The molecule has 0 aliphatic rings. The first kappa shape index (κ1) is 21.8. The van der Waals surface area contributed by atoms with Crippen LogP contribution in [0.1, 0.15) is 27.2 Å². The van der Waals surface area contributed by atoms with Gasteiger partial charge in [-0.2, -0.15) is 0 Å². The second-order valence-corrected chi connectivity index (χ2v) is 7.66.